The van der Waals surface area contributed by atoms with Gasteiger partial charge in [-0.05, 0) is 49.7 Å². The van der Waals surface area contributed by atoms with E-state index in [4.69, 9.17) is 21.1 Å². The molecule has 0 aliphatic heterocycles. The van der Waals surface area contributed by atoms with Crippen LogP contribution < -0.4 is 14.8 Å². The maximum Gasteiger partial charge on any atom is 0.260 e. The second kappa shape index (κ2) is 8.44. The van der Waals surface area contributed by atoms with E-state index in [1.165, 1.54) is 0 Å². The minimum atomic E-state index is -0.563. The number of aryl methyl sites for hydroxylation is 1. The fraction of sp³-hybridized carbons (Fsp3) is 0.278. The number of halogens is 1. The van der Waals surface area contributed by atoms with Crippen LogP contribution in [0.15, 0.2) is 48.5 Å². The molecule has 0 aliphatic rings. The summed E-state index contributed by atoms with van der Waals surface area (Å²) in [4.78, 5) is 12.0. The molecule has 0 aliphatic carbocycles. The first kappa shape index (κ1) is 17.2. The highest BCUT2D eigenvalue weighted by atomic mass is 35.5. The Morgan fingerprint density at radius 3 is 2.57 bits per heavy atom. The molecule has 0 saturated heterocycles. The Bertz CT molecular complexity index is 643. The van der Waals surface area contributed by atoms with Gasteiger partial charge in [0, 0.05) is 5.02 Å². The van der Waals surface area contributed by atoms with Gasteiger partial charge >= 0.3 is 0 Å². The average molecular weight is 334 g/mol. The van der Waals surface area contributed by atoms with Crippen molar-refractivity contribution in [2.45, 2.75) is 20.0 Å². The van der Waals surface area contributed by atoms with E-state index in [1.807, 2.05) is 31.2 Å². The predicted molar refractivity (Wildman–Crippen MR) is 91.2 cm³/mol. The number of nitrogens with one attached hydrogen (secondary N) is 1. The van der Waals surface area contributed by atoms with E-state index in [-0.39, 0.29) is 5.91 Å². The van der Waals surface area contributed by atoms with Crippen LogP contribution in [0.1, 0.15) is 12.5 Å². The topological polar surface area (TPSA) is 47.6 Å². The zero-order valence-electron chi connectivity index (χ0n) is 13.2. The lowest BCUT2D eigenvalue weighted by atomic mass is 10.2. The number of ether oxygens (including phenoxy) is 2. The van der Waals surface area contributed by atoms with Gasteiger partial charge in [0.2, 0.25) is 0 Å². The average Bonchev–Trinajstić information content (AvgIpc) is 2.55. The summed E-state index contributed by atoms with van der Waals surface area (Å²) in [6.07, 6.45) is -0.563. The number of rotatable bonds is 7. The SMILES string of the molecule is Cc1ccccc1OC(C)C(=O)NCCOc1ccc(Cl)cc1. The van der Waals surface area contributed by atoms with Crippen LogP contribution in [0.2, 0.25) is 5.02 Å². The van der Waals surface area contributed by atoms with Gasteiger partial charge in [-0.2, -0.15) is 0 Å². The number of carbonyl (C=O) groups excluding carboxylic acids is 1. The first-order valence-electron chi connectivity index (χ1n) is 7.44. The predicted octanol–water partition coefficient (Wildman–Crippen LogP) is 3.61. The van der Waals surface area contributed by atoms with E-state index in [1.54, 1.807) is 31.2 Å². The van der Waals surface area contributed by atoms with Crippen molar-refractivity contribution in [2.24, 2.45) is 0 Å². The first-order valence-corrected chi connectivity index (χ1v) is 7.82. The Hall–Kier alpha value is -2.20. The number of hydrogen-bond donors (Lipinski definition) is 1. The van der Waals surface area contributed by atoms with Gasteiger partial charge in [0.15, 0.2) is 6.10 Å². The van der Waals surface area contributed by atoms with Crippen molar-refractivity contribution in [3.05, 3.63) is 59.1 Å². The Labute approximate surface area is 141 Å². The molecule has 0 heterocycles. The van der Waals surface area contributed by atoms with E-state index < -0.39 is 6.10 Å². The maximum atomic E-state index is 12.0. The lowest BCUT2D eigenvalue weighted by Crippen LogP contribution is -2.38. The Balaban J connectivity index is 1.72. The van der Waals surface area contributed by atoms with E-state index in [2.05, 4.69) is 5.32 Å². The maximum absolute atomic E-state index is 12.0. The molecule has 1 amide bonds. The Morgan fingerprint density at radius 1 is 1.17 bits per heavy atom. The van der Waals surface area contributed by atoms with Crippen LogP contribution >= 0.6 is 11.6 Å². The molecule has 0 fully saturated rings. The molecule has 0 saturated carbocycles. The highest BCUT2D eigenvalue weighted by molar-refractivity contribution is 6.30. The number of amides is 1. The van der Waals surface area contributed by atoms with Gasteiger partial charge in [-0.1, -0.05) is 29.8 Å². The molecule has 0 aromatic heterocycles. The Kier molecular flexibility index (Phi) is 6.29. The lowest BCUT2D eigenvalue weighted by Gasteiger charge is -2.16. The fourth-order valence-corrected chi connectivity index (χ4v) is 2.08. The van der Waals surface area contributed by atoms with E-state index >= 15 is 0 Å². The molecule has 0 bridgehead atoms. The highest BCUT2D eigenvalue weighted by Gasteiger charge is 2.14. The second-order valence-electron chi connectivity index (χ2n) is 5.12. The summed E-state index contributed by atoms with van der Waals surface area (Å²) in [7, 11) is 0. The third-order valence-corrected chi connectivity index (χ3v) is 3.50. The minimum Gasteiger partial charge on any atom is -0.492 e. The molecule has 5 heteroatoms. The summed E-state index contributed by atoms with van der Waals surface area (Å²) in [5.41, 5.74) is 0.998. The standard InChI is InChI=1S/C18H20ClNO3/c1-13-5-3-4-6-17(13)23-14(2)18(21)20-11-12-22-16-9-7-15(19)8-10-16/h3-10,14H,11-12H2,1-2H3,(H,20,21). The third kappa shape index (κ3) is 5.49. The zero-order chi connectivity index (χ0) is 16.7. The smallest absolute Gasteiger partial charge is 0.260 e. The summed E-state index contributed by atoms with van der Waals surface area (Å²) in [5, 5.41) is 3.45. The van der Waals surface area contributed by atoms with Crippen molar-refractivity contribution >= 4 is 17.5 Å². The van der Waals surface area contributed by atoms with Crippen molar-refractivity contribution < 1.29 is 14.3 Å². The van der Waals surface area contributed by atoms with Gasteiger partial charge < -0.3 is 14.8 Å². The zero-order valence-corrected chi connectivity index (χ0v) is 14.0. The molecule has 2 aromatic rings. The van der Waals surface area contributed by atoms with Gasteiger partial charge in [0.25, 0.3) is 5.91 Å². The molecule has 2 rings (SSSR count). The lowest BCUT2D eigenvalue weighted by molar-refractivity contribution is -0.127. The van der Waals surface area contributed by atoms with E-state index in [9.17, 15) is 4.79 Å². The monoisotopic (exact) mass is 333 g/mol. The van der Waals surface area contributed by atoms with Gasteiger partial charge in [0.05, 0.1) is 6.54 Å². The number of benzene rings is 2. The molecule has 1 unspecified atom stereocenters. The highest BCUT2D eigenvalue weighted by Crippen LogP contribution is 2.18. The minimum absolute atomic E-state index is 0.173. The summed E-state index contributed by atoms with van der Waals surface area (Å²) >= 11 is 5.80. The van der Waals surface area contributed by atoms with Crippen LogP contribution in [0.4, 0.5) is 0 Å². The molecule has 0 spiro atoms. The van der Waals surface area contributed by atoms with Crippen molar-refractivity contribution in [2.75, 3.05) is 13.2 Å². The fourth-order valence-electron chi connectivity index (χ4n) is 1.95. The molecule has 2 aromatic carbocycles. The molecule has 1 atom stereocenters. The van der Waals surface area contributed by atoms with Crippen molar-refractivity contribution in [3.8, 4) is 11.5 Å². The molecular formula is C18H20ClNO3. The summed E-state index contributed by atoms with van der Waals surface area (Å²) in [6.45, 7) is 4.45. The number of hydrogen-bond acceptors (Lipinski definition) is 3. The van der Waals surface area contributed by atoms with Crippen LogP contribution in [0, 0.1) is 6.92 Å². The number of para-hydroxylation sites is 1. The molecule has 0 radical (unpaired) electrons. The summed E-state index contributed by atoms with van der Waals surface area (Å²) in [6, 6.07) is 14.7. The first-order chi connectivity index (χ1) is 11.1. The van der Waals surface area contributed by atoms with Crippen LogP contribution in [-0.4, -0.2) is 25.2 Å². The van der Waals surface area contributed by atoms with Crippen LogP contribution in [0.25, 0.3) is 0 Å². The Morgan fingerprint density at radius 2 is 1.87 bits per heavy atom. The largest absolute Gasteiger partial charge is 0.492 e. The van der Waals surface area contributed by atoms with Gasteiger partial charge in [0.1, 0.15) is 18.1 Å². The molecule has 4 nitrogen and oxygen atoms in total. The summed E-state index contributed by atoms with van der Waals surface area (Å²) in [5.74, 6) is 1.26. The molecule has 23 heavy (non-hydrogen) atoms. The molecular weight excluding hydrogens is 314 g/mol. The number of carbonyl (C=O) groups is 1. The van der Waals surface area contributed by atoms with Gasteiger partial charge in [-0.3, -0.25) is 4.79 Å². The van der Waals surface area contributed by atoms with Gasteiger partial charge in [-0.15, -0.1) is 0 Å². The van der Waals surface area contributed by atoms with Gasteiger partial charge in [-0.25, -0.2) is 0 Å². The van der Waals surface area contributed by atoms with Crippen LogP contribution in [-0.2, 0) is 4.79 Å². The van der Waals surface area contributed by atoms with E-state index in [0.29, 0.717) is 29.7 Å². The normalized spacial score (nSPS) is 11.6. The van der Waals surface area contributed by atoms with Crippen molar-refractivity contribution in [1.82, 2.24) is 5.32 Å². The summed E-state index contributed by atoms with van der Waals surface area (Å²) < 4.78 is 11.2. The third-order valence-electron chi connectivity index (χ3n) is 3.25. The van der Waals surface area contributed by atoms with Crippen molar-refractivity contribution in [1.29, 1.82) is 0 Å². The van der Waals surface area contributed by atoms with Crippen molar-refractivity contribution in [3.63, 3.8) is 0 Å². The quantitative estimate of drug-likeness (QED) is 0.787. The second-order valence-corrected chi connectivity index (χ2v) is 5.56. The molecule has 1 N–H and O–H groups in total. The molecule has 122 valence electrons. The van der Waals surface area contributed by atoms with Crippen LogP contribution in [0.3, 0.4) is 0 Å². The van der Waals surface area contributed by atoms with Crippen LogP contribution in [0.5, 0.6) is 11.5 Å². The van der Waals surface area contributed by atoms with E-state index in [0.717, 1.165) is 5.56 Å².